The molecular formula is C13H9F2N3S. The van der Waals surface area contributed by atoms with E-state index in [4.69, 9.17) is 0 Å². The number of nitrogens with one attached hydrogen (secondary N) is 1. The van der Waals surface area contributed by atoms with Crippen molar-refractivity contribution in [1.82, 2.24) is 15.2 Å². The van der Waals surface area contributed by atoms with Crippen LogP contribution in [0.2, 0.25) is 0 Å². The van der Waals surface area contributed by atoms with Crippen LogP contribution in [0.25, 0.3) is 10.7 Å². The lowest BCUT2D eigenvalue weighted by atomic mass is 10.1. The second-order valence-electron chi connectivity index (χ2n) is 3.97. The van der Waals surface area contributed by atoms with Gasteiger partial charge in [0.15, 0.2) is 17.5 Å². The standard InChI is InChI=1S/C13H9F2N3S/c14-9-4-1-3-8(12(9)15)7-11-16-13(18-17-11)10-5-2-6-19-10/h1-6H,7H2,(H,16,17,18). The minimum Gasteiger partial charge on any atom is -0.262 e. The first-order valence-corrected chi connectivity index (χ1v) is 6.50. The van der Waals surface area contributed by atoms with Crippen molar-refractivity contribution in [3.8, 4) is 10.7 Å². The van der Waals surface area contributed by atoms with Gasteiger partial charge in [0, 0.05) is 6.42 Å². The predicted molar refractivity (Wildman–Crippen MR) is 68.9 cm³/mol. The molecule has 0 saturated heterocycles. The lowest BCUT2D eigenvalue weighted by molar-refractivity contribution is 0.500. The van der Waals surface area contributed by atoms with Crippen LogP contribution in [-0.4, -0.2) is 15.2 Å². The second kappa shape index (κ2) is 4.89. The normalized spacial score (nSPS) is 10.8. The molecule has 0 amide bonds. The average molecular weight is 277 g/mol. The molecule has 0 atom stereocenters. The van der Waals surface area contributed by atoms with Crippen LogP contribution in [0.1, 0.15) is 11.4 Å². The van der Waals surface area contributed by atoms with Crippen LogP contribution < -0.4 is 0 Å². The van der Waals surface area contributed by atoms with Gasteiger partial charge in [-0.1, -0.05) is 18.2 Å². The summed E-state index contributed by atoms with van der Waals surface area (Å²) >= 11 is 1.52. The maximum absolute atomic E-state index is 13.5. The maximum Gasteiger partial charge on any atom is 0.191 e. The molecule has 19 heavy (non-hydrogen) atoms. The predicted octanol–water partition coefficient (Wildman–Crippen LogP) is 3.40. The number of hydrogen-bond acceptors (Lipinski definition) is 3. The Morgan fingerprint density at radius 2 is 2.05 bits per heavy atom. The van der Waals surface area contributed by atoms with E-state index in [1.165, 1.54) is 23.5 Å². The molecule has 0 radical (unpaired) electrons. The molecule has 0 saturated carbocycles. The van der Waals surface area contributed by atoms with Crippen molar-refractivity contribution in [1.29, 1.82) is 0 Å². The van der Waals surface area contributed by atoms with Crippen molar-refractivity contribution in [2.24, 2.45) is 0 Å². The molecule has 1 aromatic carbocycles. The zero-order chi connectivity index (χ0) is 13.2. The first-order valence-electron chi connectivity index (χ1n) is 5.62. The number of aromatic nitrogens is 3. The number of H-pyrrole nitrogens is 1. The number of hydrogen-bond donors (Lipinski definition) is 1. The van der Waals surface area contributed by atoms with E-state index in [1.807, 2.05) is 17.5 Å². The summed E-state index contributed by atoms with van der Waals surface area (Å²) < 4.78 is 26.6. The molecule has 0 spiro atoms. The third kappa shape index (κ3) is 2.39. The van der Waals surface area contributed by atoms with E-state index in [1.54, 1.807) is 0 Å². The smallest absolute Gasteiger partial charge is 0.191 e. The number of benzene rings is 1. The molecular weight excluding hydrogens is 268 g/mol. The third-order valence-electron chi connectivity index (χ3n) is 2.66. The molecule has 2 aromatic heterocycles. The minimum absolute atomic E-state index is 0.183. The molecule has 0 aliphatic carbocycles. The van der Waals surface area contributed by atoms with Gasteiger partial charge in [-0.15, -0.1) is 11.3 Å². The Kier molecular flexibility index (Phi) is 3.08. The molecule has 1 N–H and O–H groups in total. The maximum atomic E-state index is 13.5. The van der Waals surface area contributed by atoms with E-state index >= 15 is 0 Å². The molecule has 3 nitrogen and oxygen atoms in total. The molecule has 0 bridgehead atoms. The average Bonchev–Trinajstić information content (AvgIpc) is 3.05. The summed E-state index contributed by atoms with van der Waals surface area (Å²) in [6.45, 7) is 0. The van der Waals surface area contributed by atoms with E-state index in [2.05, 4.69) is 15.2 Å². The highest BCUT2D eigenvalue weighted by atomic mass is 32.1. The van der Waals surface area contributed by atoms with Crippen LogP contribution in [0.15, 0.2) is 35.7 Å². The van der Waals surface area contributed by atoms with Gasteiger partial charge in [-0.05, 0) is 23.1 Å². The Balaban J connectivity index is 1.86. The van der Waals surface area contributed by atoms with Crippen molar-refractivity contribution in [2.45, 2.75) is 6.42 Å². The Morgan fingerprint density at radius 1 is 1.16 bits per heavy atom. The highest BCUT2D eigenvalue weighted by Crippen LogP contribution is 2.21. The molecule has 0 unspecified atom stereocenters. The molecule has 0 fully saturated rings. The highest BCUT2D eigenvalue weighted by Gasteiger charge is 2.11. The van der Waals surface area contributed by atoms with E-state index in [0.717, 1.165) is 10.9 Å². The zero-order valence-electron chi connectivity index (χ0n) is 9.73. The number of halogens is 2. The first kappa shape index (κ1) is 12.0. The van der Waals surface area contributed by atoms with Gasteiger partial charge < -0.3 is 0 Å². The fourth-order valence-corrected chi connectivity index (χ4v) is 2.41. The minimum atomic E-state index is -0.851. The fraction of sp³-hybridized carbons (Fsp3) is 0.0769. The van der Waals surface area contributed by atoms with Crippen molar-refractivity contribution >= 4 is 11.3 Å². The van der Waals surface area contributed by atoms with E-state index in [9.17, 15) is 8.78 Å². The Labute approximate surface area is 111 Å². The summed E-state index contributed by atoms with van der Waals surface area (Å²) in [5.41, 5.74) is 0.258. The topological polar surface area (TPSA) is 41.6 Å². The first-order chi connectivity index (χ1) is 9.24. The van der Waals surface area contributed by atoms with Crippen LogP contribution in [0.4, 0.5) is 8.78 Å². The molecule has 2 heterocycles. The van der Waals surface area contributed by atoms with Gasteiger partial charge in [0.2, 0.25) is 0 Å². The van der Waals surface area contributed by atoms with E-state index in [0.29, 0.717) is 11.6 Å². The SMILES string of the molecule is Fc1cccc(Cc2nc(-c3cccs3)n[nH]2)c1F. The number of nitrogens with zero attached hydrogens (tertiary/aromatic N) is 2. The van der Waals surface area contributed by atoms with Gasteiger partial charge >= 0.3 is 0 Å². The Bertz CT molecular complexity index is 692. The lowest BCUT2D eigenvalue weighted by Crippen LogP contribution is -1.97. The van der Waals surface area contributed by atoms with Crippen LogP contribution in [0.5, 0.6) is 0 Å². The zero-order valence-corrected chi connectivity index (χ0v) is 10.5. The monoisotopic (exact) mass is 277 g/mol. The number of thiophene rings is 1. The van der Waals surface area contributed by atoms with Gasteiger partial charge in [0.1, 0.15) is 5.82 Å². The molecule has 3 rings (SSSR count). The van der Waals surface area contributed by atoms with Crippen molar-refractivity contribution in [2.75, 3.05) is 0 Å². The second-order valence-corrected chi connectivity index (χ2v) is 4.92. The van der Waals surface area contributed by atoms with Gasteiger partial charge in [-0.3, -0.25) is 5.10 Å². The molecule has 0 aliphatic rings. The summed E-state index contributed by atoms with van der Waals surface area (Å²) in [6.07, 6.45) is 0.183. The lowest BCUT2D eigenvalue weighted by Gasteiger charge is -2.00. The van der Waals surface area contributed by atoms with Gasteiger partial charge in [-0.25, -0.2) is 13.8 Å². The van der Waals surface area contributed by atoms with Crippen molar-refractivity contribution in [3.63, 3.8) is 0 Å². The summed E-state index contributed by atoms with van der Waals surface area (Å²) in [7, 11) is 0. The summed E-state index contributed by atoms with van der Waals surface area (Å²) in [4.78, 5) is 5.21. The Morgan fingerprint density at radius 3 is 2.84 bits per heavy atom. The van der Waals surface area contributed by atoms with Crippen molar-refractivity contribution < 1.29 is 8.78 Å². The summed E-state index contributed by atoms with van der Waals surface area (Å²) in [5, 5.41) is 8.74. The van der Waals surface area contributed by atoms with Crippen LogP contribution >= 0.6 is 11.3 Å². The summed E-state index contributed by atoms with van der Waals surface area (Å²) in [5.74, 6) is -0.609. The highest BCUT2D eigenvalue weighted by molar-refractivity contribution is 7.13. The van der Waals surface area contributed by atoms with Gasteiger partial charge in [-0.2, -0.15) is 5.10 Å². The fourth-order valence-electron chi connectivity index (χ4n) is 1.76. The third-order valence-corrected chi connectivity index (χ3v) is 3.53. The molecule has 3 aromatic rings. The van der Waals surface area contributed by atoms with Crippen LogP contribution in [-0.2, 0) is 6.42 Å². The van der Waals surface area contributed by atoms with Crippen LogP contribution in [0, 0.1) is 11.6 Å². The molecule has 0 aliphatic heterocycles. The van der Waals surface area contributed by atoms with Gasteiger partial charge in [0.25, 0.3) is 0 Å². The summed E-state index contributed by atoms with van der Waals surface area (Å²) in [6, 6.07) is 7.91. The largest absolute Gasteiger partial charge is 0.262 e. The number of rotatable bonds is 3. The van der Waals surface area contributed by atoms with E-state index < -0.39 is 11.6 Å². The quantitative estimate of drug-likeness (QED) is 0.797. The van der Waals surface area contributed by atoms with E-state index in [-0.39, 0.29) is 12.0 Å². The molecule has 6 heteroatoms. The Hall–Kier alpha value is -2.08. The van der Waals surface area contributed by atoms with Crippen molar-refractivity contribution in [3.05, 3.63) is 58.7 Å². The van der Waals surface area contributed by atoms with Crippen LogP contribution in [0.3, 0.4) is 0 Å². The van der Waals surface area contributed by atoms with Gasteiger partial charge in [0.05, 0.1) is 4.88 Å². The molecule has 96 valence electrons. The number of aromatic amines is 1.